The van der Waals surface area contributed by atoms with Gasteiger partial charge in [0.1, 0.15) is 0 Å². The maximum Gasteiger partial charge on any atom is 0.233 e. The van der Waals surface area contributed by atoms with Crippen molar-refractivity contribution in [2.75, 3.05) is 26.2 Å². The van der Waals surface area contributed by atoms with Gasteiger partial charge in [0.15, 0.2) is 0 Å². The molecule has 1 saturated carbocycles. The summed E-state index contributed by atoms with van der Waals surface area (Å²) in [5.41, 5.74) is 0. The minimum atomic E-state index is -0.139. The number of imide groups is 1. The van der Waals surface area contributed by atoms with E-state index >= 15 is 0 Å². The number of nitrogens with zero attached hydrogens (tertiary/aromatic N) is 2. The molecular weight excluding hydrogens is 346 g/mol. The lowest BCUT2D eigenvalue weighted by Crippen LogP contribution is -2.52. The summed E-state index contributed by atoms with van der Waals surface area (Å²) in [6.45, 7) is 8.72. The van der Waals surface area contributed by atoms with Gasteiger partial charge in [0, 0.05) is 38.6 Å². The first kappa shape index (κ1) is 20.3. The van der Waals surface area contributed by atoms with E-state index in [4.69, 9.17) is 4.74 Å². The van der Waals surface area contributed by atoms with E-state index in [1.165, 1.54) is 4.90 Å². The minimum absolute atomic E-state index is 0.0674. The molecule has 0 aromatic carbocycles. The Labute approximate surface area is 161 Å². The van der Waals surface area contributed by atoms with Crippen molar-refractivity contribution in [3.63, 3.8) is 0 Å². The Morgan fingerprint density at radius 2 is 1.67 bits per heavy atom. The van der Waals surface area contributed by atoms with Crippen molar-refractivity contribution in [2.45, 2.75) is 71.1 Å². The Morgan fingerprint density at radius 3 is 2.22 bits per heavy atom. The monoisotopic (exact) mass is 379 g/mol. The first-order valence-corrected chi connectivity index (χ1v) is 10.4. The number of rotatable bonds is 6. The number of hydrogen-bond acceptors (Lipinski definition) is 5. The van der Waals surface area contributed by atoms with Gasteiger partial charge in [-0.25, -0.2) is 0 Å². The van der Waals surface area contributed by atoms with Gasteiger partial charge in [0.05, 0.1) is 24.0 Å². The van der Waals surface area contributed by atoms with Gasteiger partial charge in [-0.15, -0.1) is 0 Å². The van der Waals surface area contributed by atoms with Gasteiger partial charge in [0.2, 0.25) is 17.7 Å². The predicted molar refractivity (Wildman–Crippen MR) is 101 cm³/mol. The van der Waals surface area contributed by atoms with Crippen LogP contribution in [0.3, 0.4) is 0 Å². The van der Waals surface area contributed by atoms with Crippen LogP contribution in [0.15, 0.2) is 0 Å². The zero-order valence-electron chi connectivity index (χ0n) is 16.8. The van der Waals surface area contributed by atoms with E-state index < -0.39 is 0 Å². The largest absolute Gasteiger partial charge is 0.373 e. The molecule has 152 valence electrons. The Hall–Kier alpha value is -1.47. The lowest BCUT2D eigenvalue weighted by atomic mass is 9.81. The fourth-order valence-corrected chi connectivity index (χ4v) is 4.72. The van der Waals surface area contributed by atoms with Crippen molar-refractivity contribution >= 4 is 17.7 Å². The molecule has 0 bridgehead atoms. The molecule has 3 amide bonds. The van der Waals surface area contributed by atoms with E-state index in [-0.39, 0.29) is 60.8 Å². The highest BCUT2D eigenvalue weighted by Crippen LogP contribution is 2.37. The first-order chi connectivity index (χ1) is 12.9. The maximum absolute atomic E-state index is 12.5. The van der Waals surface area contributed by atoms with Crippen LogP contribution in [0.4, 0.5) is 0 Å². The standard InChI is InChI=1S/C20H33N3O4/c1-13(22-11-14(2)27-15(3)12-22)10-21-18(24)8-9-23-19(25)16-6-4-5-7-17(16)20(23)26/h13-17H,4-12H2,1-3H3,(H,21,24). The highest BCUT2D eigenvalue weighted by atomic mass is 16.5. The number of hydrogen-bond donors (Lipinski definition) is 1. The first-order valence-electron chi connectivity index (χ1n) is 10.4. The molecule has 0 aromatic rings. The van der Waals surface area contributed by atoms with Crippen LogP contribution < -0.4 is 5.32 Å². The highest BCUT2D eigenvalue weighted by molar-refractivity contribution is 6.05. The fourth-order valence-electron chi connectivity index (χ4n) is 4.72. The zero-order chi connectivity index (χ0) is 19.6. The molecule has 2 saturated heterocycles. The van der Waals surface area contributed by atoms with Crippen LogP contribution in [-0.2, 0) is 19.1 Å². The molecule has 0 spiro atoms. The number of fused-ring (bicyclic) bond motifs is 1. The van der Waals surface area contributed by atoms with Crippen molar-refractivity contribution in [1.82, 2.24) is 15.1 Å². The SMILES string of the molecule is CC1CN(C(C)CNC(=O)CCN2C(=O)C3CCCCC3C2=O)CC(C)O1. The van der Waals surface area contributed by atoms with Crippen molar-refractivity contribution in [2.24, 2.45) is 11.8 Å². The van der Waals surface area contributed by atoms with Gasteiger partial charge in [-0.2, -0.15) is 0 Å². The van der Waals surface area contributed by atoms with E-state index in [2.05, 4.69) is 31.0 Å². The summed E-state index contributed by atoms with van der Waals surface area (Å²) >= 11 is 0. The summed E-state index contributed by atoms with van der Waals surface area (Å²) in [4.78, 5) is 40.8. The van der Waals surface area contributed by atoms with Crippen LogP contribution in [0.5, 0.6) is 0 Å². The molecule has 27 heavy (non-hydrogen) atoms. The molecule has 7 nitrogen and oxygen atoms in total. The lowest BCUT2D eigenvalue weighted by Gasteiger charge is -2.39. The van der Waals surface area contributed by atoms with E-state index in [1.807, 2.05) is 0 Å². The molecule has 5 atom stereocenters. The summed E-state index contributed by atoms with van der Waals surface area (Å²) in [7, 11) is 0. The molecule has 3 aliphatic rings. The van der Waals surface area contributed by atoms with Gasteiger partial charge in [-0.1, -0.05) is 12.8 Å². The Balaban J connectivity index is 1.42. The maximum atomic E-state index is 12.5. The van der Waals surface area contributed by atoms with E-state index in [0.717, 1.165) is 38.8 Å². The Kier molecular flexibility index (Phi) is 6.52. The molecular formula is C20H33N3O4. The average Bonchev–Trinajstić information content (AvgIpc) is 2.88. The van der Waals surface area contributed by atoms with E-state index in [9.17, 15) is 14.4 Å². The summed E-state index contributed by atoms with van der Waals surface area (Å²) in [6, 6.07) is 0.223. The number of ether oxygens (including phenoxy) is 1. The Bertz CT molecular complexity index is 548. The second-order valence-corrected chi connectivity index (χ2v) is 8.44. The van der Waals surface area contributed by atoms with Crippen molar-refractivity contribution in [3.05, 3.63) is 0 Å². The second kappa shape index (κ2) is 8.69. The summed E-state index contributed by atoms with van der Waals surface area (Å²) < 4.78 is 5.75. The van der Waals surface area contributed by atoms with Crippen LogP contribution in [0.1, 0.15) is 52.9 Å². The third-order valence-corrected chi connectivity index (χ3v) is 6.16. The third kappa shape index (κ3) is 4.69. The van der Waals surface area contributed by atoms with Crippen molar-refractivity contribution in [3.8, 4) is 0 Å². The summed E-state index contributed by atoms with van der Waals surface area (Å²) in [5, 5.41) is 2.96. The number of likely N-dealkylation sites (tertiary alicyclic amines) is 1. The molecule has 0 aromatic heterocycles. The van der Waals surface area contributed by atoms with Crippen LogP contribution in [0.2, 0.25) is 0 Å². The van der Waals surface area contributed by atoms with Crippen LogP contribution in [-0.4, -0.2) is 72.0 Å². The molecule has 3 fully saturated rings. The fraction of sp³-hybridized carbons (Fsp3) is 0.850. The number of carbonyl (C=O) groups is 3. The van der Waals surface area contributed by atoms with Gasteiger partial charge in [0.25, 0.3) is 0 Å². The van der Waals surface area contributed by atoms with Gasteiger partial charge in [-0.05, 0) is 33.6 Å². The number of morpholine rings is 1. The predicted octanol–water partition coefficient (Wildman–Crippen LogP) is 1.17. The summed E-state index contributed by atoms with van der Waals surface area (Å²) in [6.07, 6.45) is 4.23. The number of nitrogens with one attached hydrogen (secondary N) is 1. The van der Waals surface area contributed by atoms with Gasteiger partial charge >= 0.3 is 0 Å². The zero-order valence-corrected chi connectivity index (χ0v) is 16.8. The third-order valence-electron chi connectivity index (χ3n) is 6.16. The molecule has 7 heteroatoms. The summed E-state index contributed by atoms with van der Waals surface area (Å²) in [5.74, 6) is -0.518. The number of carbonyl (C=O) groups excluding carboxylic acids is 3. The van der Waals surface area contributed by atoms with Gasteiger partial charge in [-0.3, -0.25) is 24.2 Å². The second-order valence-electron chi connectivity index (χ2n) is 8.44. The van der Waals surface area contributed by atoms with Crippen LogP contribution in [0, 0.1) is 11.8 Å². The van der Waals surface area contributed by atoms with Crippen molar-refractivity contribution < 1.29 is 19.1 Å². The normalized spacial score (nSPS) is 33.1. The van der Waals surface area contributed by atoms with E-state index in [1.54, 1.807) is 0 Å². The molecule has 1 N–H and O–H groups in total. The smallest absolute Gasteiger partial charge is 0.233 e. The van der Waals surface area contributed by atoms with Gasteiger partial charge < -0.3 is 10.1 Å². The quantitative estimate of drug-likeness (QED) is 0.701. The Morgan fingerprint density at radius 1 is 1.11 bits per heavy atom. The topological polar surface area (TPSA) is 79.0 Å². The molecule has 3 rings (SSSR count). The average molecular weight is 380 g/mol. The molecule has 2 aliphatic heterocycles. The van der Waals surface area contributed by atoms with Crippen molar-refractivity contribution in [1.29, 1.82) is 0 Å². The molecule has 2 heterocycles. The minimum Gasteiger partial charge on any atom is -0.373 e. The highest BCUT2D eigenvalue weighted by Gasteiger charge is 2.47. The lowest BCUT2D eigenvalue weighted by molar-refractivity contribution is -0.140. The molecule has 5 unspecified atom stereocenters. The van der Waals surface area contributed by atoms with E-state index in [0.29, 0.717) is 6.54 Å². The van der Waals surface area contributed by atoms with Crippen LogP contribution >= 0.6 is 0 Å². The molecule has 0 radical (unpaired) electrons. The number of amides is 3. The van der Waals surface area contributed by atoms with Crippen LogP contribution in [0.25, 0.3) is 0 Å². The molecule has 1 aliphatic carbocycles.